The Morgan fingerprint density at radius 3 is 2.50 bits per heavy atom. The van der Waals surface area contributed by atoms with Crippen molar-refractivity contribution in [1.29, 1.82) is 0 Å². The Morgan fingerprint density at radius 2 is 1.83 bits per heavy atom. The van der Waals surface area contributed by atoms with Crippen LogP contribution in [-0.2, 0) is 10.0 Å². The van der Waals surface area contributed by atoms with Gasteiger partial charge in [0.1, 0.15) is 10.7 Å². The summed E-state index contributed by atoms with van der Waals surface area (Å²) in [5.74, 6) is -0.0422. The second kappa shape index (κ2) is 4.79. The van der Waals surface area contributed by atoms with Crippen molar-refractivity contribution in [2.24, 2.45) is 0 Å². The maximum absolute atomic E-state index is 12.0. The van der Waals surface area contributed by atoms with Gasteiger partial charge in [-0.05, 0) is 24.3 Å². The van der Waals surface area contributed by atoms with Crippen molar-refractivity contribution in [3.63, 3.8) is 0 Å². The average molecular weight is 285 g/mol. The number of sulfonamides is 1. The fourth-order valence-corrected chi connectivity index (χ4v) is 2.61. The van der Waals surface area contributed by atoms with Gasteiger partial charge in [-0.1, -0.05) is 11.6 Å². The average Bonchev–Trinajstić information content (AvgIpc) is 2.32. The Labute approximate surface area is 109 Å². The van der Waals surface area contributed by atoms with Gasteiger partial charge >= 0.3 is 0 Å². The maximum atomic E-state index is 12.0. The van der Waals surface area contributed by atoms with Gasteiger partial charge in [0, 0.05) is 12.4 Å². The zero-order valence-electron chi connectivity index (χ0n) is 9.04. The van der Waals surface area contributed by atoms with E-state index in [1.54, 1.807) is 6.07 Å². The van der Waals surface area contributed by atoms with Gasteiger partial charge in [0.25, 0.3) is 10.0 Å². The molecule has 0 aliphatic carbocycles. The molecule has 0 saturated heterocycles. The van der Waals surface area contributed by atoms with Gasteiger partial charge in [-0.15, -0.1) is 0 Å². The minimum Gasteiger partial charge on any atom is -0.383 e. The van der Waals surface area contributed by atoms with Crippen LogP contribution in [0.1, 0.15) is 0 Å². The molecule has 0 aliphatic heterocycles. The van der Waals surface area contributed by atoms with Crippen LogP contribution in [0.15, 0.2) is 41.6 Å². The number of nitrogen functional groups attached to an aromatic ring is 1. The normalized spacial score (nSPS) is 11.2. The molecule has 0 atom stereocenters. The molecule has 0 bridgehead atoms. The van der Waals surface area contributed by atoms with Crippen molar-refractivity contribution in [3.05, 3.63) is 41.7 Å². The molecule has 3 N–H and O–H groups in total. The van der Waals surface area contributed by atoms with Crippen LogP contribution in [0.3, 0.4) is 0 Å². The molecular formula is C10H9ClN4O2S. The Hall–Kier alpha value is -1.86. The first-order valence-electron chi connectivity index (χ1n) is 4.84. The highest BCUT2D eigenvalue weighted by Gasteiger charge is 2.19. The van der Waals surface area contributed by atoms with Gasteiger partial charge in [0.05, 0.1) is 5.02 Å². The molecule has 6 nitrogen and oxygen atoms in total. The highest BCUT2D eigenvalue weighted by molar-refractivity contribution is 7.92. The monoisotopic (exact) mass is 284 g/mol. The largest absolute Gasteiger partial charge is 0.383 e. The standard InChI is InChI=1S/C10H9ClN4O2S/c11-7-3-1-6-14-10(7)15-18(16,17)8-4-2-5-13-9(8)12/h1-6H,(H2,12,13)(H,14,15). The van der Waals surface area contributed by atoms with E-state index in [2.05, 4.69) is 14.7 Å². The number of hydrogen-bond donors (Lipinski definition) is 2. The van der Waals surface area contributed by atoms with E-state index in [4.69, 9.17) is 17.3 Å². The van der Waals surface area contributed by atoms with Crippen LogP contribution >= 0.6 is 11.6 Å². The molecule has 2 aromatic rings. The van der Waals surface area contributed by atoms with Crippen molar-refractivity contribution >= 4 is 33.3 Å². The molecule has 0 radical (unpaired) electrons. The van der Waals surface area contributed by atoms with Crippen LogP contribution < -0.4 is 10.5 Å². The van der Waals surface area contributed by atoms with Crippen LogP contribution in [0.25, 0.3) is 0 Å². The van der Waals surface area contributed by atoms with E-state index in [0.29, 0.717) is 0 Å². The number of aromatic nitrogens is 2. The molecule has 2 heterocycles. The first-order chi connectivity index (χ1) is 8.50. The van der Waals surface area contributed by atoms with Crippen LogP contribution in [-0.4, -0.2) is 18.4 Å². The minimum atomic E-state index is -3.85. The third-order valence-corrected chi connectivity index (χ3v) is 3.77. The Balaban J connectivity index is 2.40. The molecular weight excluding hydrogens is 276 g/mol. The molecule has 2 aromatic heterocycles. The highest BCUT2D eigenvalue weighted by atomic mass is 35.5. The lowest BCUT2D eigenvalue weighted by Crippen LogP contribution is -2.16. The van der Waals surface area contributed by atoms with Crippen LogP contribution in [0.5, 0.6) is 0 Å². The topological polar surface area (TPSA) is 98.0 Å². The zero-order valence-corrected chi connectivity index (χ0v) is 10.6. The van der Waals surface area contributed by atoms with Crippen molar-refractivity contribution in [2.75, 3.05) is 10.5 Å². The molecule has 0 spiro atoms. The number of rotatable bonds is 3. The van der Waals surface area contributed by atoms with E-state index in [1.165, 1.54) is 30.6 Å². The molecule has 94 valence electrons. The predicted octanol–water partition coefficient (Wildman–Crippen LogP) is 1.51. The molecule has 0 aliphatic rings. The second-order valence-electron chi connectivity index (χ2n) is 3.33. The van der Waals surface area contributed by atoms with E-state index in [0.717, 1.165) is 0 Å². The Kier molecular flexibility index (Phi) is 3.35. The lowest BCUT2D eigenvalue weighted by molar-refractivity contribution is 0.601. The first kappa shape index (κ1) is 12.6. The zero-order chi connectivity index (χ0) is 13.2. The summed E-state index contributed by atoms with van der Waals surface area (Å²) in [5.41, 5.74) is 5.51. The van der Waals surface area contributed by atoms with Gasteiger partial charge in [-0.3, -0.25) is 4.72 Å². The van der Waals surface area contributed by atoms with E-state index >= 15 is 0 Å². The van der Waals surface area contributed by atoms with Gasteiger partial charge in [0.2, 0.25) is 0 Å². The lowest BCUT2D eigenvalue weighted by atomic mass is 10.5. The number of hydrogen-bond acceptors (Lipinski definition) is 5. The summed E-state index contributed by atoms with van der Waals surface area (Å²) >= 11 is 5.82. The summed E-state index contributed by atoms with van der Waals surface area (Å²) in [6.07, 6.45) is 2.83. The third-order valence-electron chi connectivity index (χ3n) is 2.08. The van der Waals surface area contributed by atoms with Crippen molar-refractivity contribution < 1.29 is 8.42 Å². The van der Waals surface area contributed by atoms with E-state index in [1.807, 2.05) is 0 Å². The smallest absolute Gasteiger partial charge is 0.266 e. The van der Waals surface area contributed by atoms with Crippen LogP contribution in [0.2, 0.25) is 5.02 Å². The van der Waals surface area contributed by atoms with Gasteiger partial charge in [-0.2, -0.15) is 0 Å². The summed E-state index contributed by atoms with van der Waals surface area (Å²) in [5, 5.41) is 0.198. The third kappa shape index (κ3) is 2.52. The maximum Gasteiger partial charge on any atom is 0.266 e. The molecule has 0 unspecified atom stereocenters. The molecule has 2 rings (SSSR count). The number of anilines is 2. The highest BCUT2D eigenvalue weighted by Crippen LogP contribution is 2.23. The summed E-state index contributed by atoms with van der Waals surface area (Å²) in [7, 11) is -3.85. The molecule has 0 amide bonds. The minimum absolute atomic E-state index is 0.0439. The Bertz CT molecular complexity index is 675. The van der Waals surface area contributed by atoms with E-state index in [9.17, 15) is 8.42 Å². The van der Waals surface area contributed by atoms with E-state index < -0.39 is 10.0 Å². The fraction of sp³-hybridized carbons (Fsp3) is 0. The molecule has 0 fully saturated rings. The predicted molar refractivity (Wildman–Crippen MR) is 68.7 cm³/mol. The molecule has 18 heavy (non-hydrogen) atoms. The van der Waals surface area contributed by atoms with E-state index in [-0.39, 0.29) is 21.6 Å². The van der Waals surface area contributed by atoms with Crippen molar-refractivity contribution in [1.82, 2.24) is 9.97 Å². The number of halogens is 1. The number of nitrogens with zero attached hydrogens (tertiary/aromatic N) is 2. The SMILES string of the molecule is Nc1ncccc1S(=O)(=O)Nc1ncccc1Cl. The molecule has 0 aromatic carbocycles. The fourth-order valence-electron chi connectivity index (χ4n) is 1.27. The summed E-state index contributed by atoms with van der Waals surface area (Å²) in [4.78, 5) is 7.43. The second-order valence-corrected chi connectivity index (χ2v) is 5.38. The number of pyridine rings is 2. The summed E-state index contributed by atoms with van der Waals surface area (Å²) in [6.45, 7) is 0. The molecule has 0 saturated carbocycles. The van der Waals surface area contributed by atoms with Crippen molar-refractivity contribution in [3.8, 4) is 0 Å². The lowest BCUT2D eigenvalue weighted by Gasteiger charge is -2.09. The van der Waals surface area contributed by atoms with Crippen molar-refractivity contribution in [2.45, 2.75) is 4.90 Å². The van der Waals surface area contributed by atoms with Gasteiger partial charge < -0.3 is 5.73 Å². The summed E-state index contributed by atoms with van der Waals surface area (Å²) < 4.78 is 26.3. The van der Waals surface area contributed by atoms with Gasteiger partial charge in [-0.25, -0.2) is 18.4 Å². The number of nitrogens with one attached hydrogen (secondary N) is 1. The first-order valence-corrected chi connectivity index (χ1v) is 6.70. The molecule has 8 heteroatoms. The Morgan fingerprint density at radius 1 is 1.17 bits per heavy atom. The summed E-state index contributed by atoms with van der Waals surface area (Å²) in [6, 6.07) is 5.95. The quantitative estimate of drug-likeness (QED) is 0.890. The van der Waals surface area contributed by atoms with Gasteiger partial charge in [0.15, 0.2) is 5.82 Å². The number of nitrogens with two attached hydrogens (primary N) is 1. The van der Waals surface area contributed by atoms with Crippen LogP contribution in [0.4, 0.5) is 11.6 Å². The van der Waals surface area contributed by atoms with Crippen LogP contribution in [0, 0.1) is 0 Å².